The summed E-state index contributed by atoms with van der Waals surface area (Å²) in [6.45, 7) is 6.38. The van der Waals surface area contributed by atoms with E-state index in [-0.39, 0.29) is 11.1 Å². The van der Waals surface area contributed by atoms with E-state index >= 15 is 0 Å². The molecule has 1 atom stereocenters. The second-order valence-electron chi connectivity index (χ2n) is 10.6. The van der Waals surface area contributed by atoms with Gasteiger partial charge in [0.1, 0.15) is 11.6 Å². The number of aromatic nitrogens is 5. The minimum absolute atomic E-state index is 0.146. The average Bonchev–Trinajstić information content (AvgIpc) is 3.26. The van der Waals surface area contributed by atoms with Gasteiger partial charge in [-0.2, -0.15) is 18.3 Å². The molecule has 0 fully saturated rings. The predicted molar refractivity (Wildman–Crippen MR) is 148 cm³/mol. The summed E-state index contributed by atoms with van der Waals surface area (Å²) in [5.74, 6) is 0.914. The van der Waals surface area contributed by atoms with Crippen LogP contribution in [0.5, 0.6) is 0 Å². The zero-order valence-corrected chi connectivity index (χ0v) is 22.9. The fraction of sp³-hybridized carbons (Fsp3) is 0.310. The van der Waals surface area contributed by atoms with Crippen molar-refractivity contribution in [1.29, 1.82) is 0 Å². The summed E-state index contributed by atoms with van der Waals surface area (Å²) in [5.41, 5.74) is 1.08. The fourth-order valence-electron chi connectivity index (χ4n) is 4.86. The first-order chi connectivity index (χ1) is 18.6. The van der Waals surface area contributed by atoms with Crippen LogP contribution in [0.2, 0.25) is 0 Å². The third kappa shape index (κ3) is 4.92. The van der Waals surface area contributed by atoms with Crippen LogP contribution in [0.1, 0.15) is 49.3 Å². The van der Waals surface area contributed by atoms with Crippen LogP contribution in [0.25, 0.3) is 32.9 Å². The van der Waals surface area contributed by atoms with Crippen molar-refractivity contribution in [3.05, 3.63) is 81.7 Å². The minimum Gasteiger partial charge on any atom is -0.386 e. The number of hydrogen-bond acceptors (Lipinski definition) is 6. The van der Waals surface area contributed by atoms with Gasteiger partial charge in [0.05, 0.1) is 28.4 Å². The Bertz CT molecular complexity index is 1800. The van der Waals surface area contributed by atoms with Gasteiger partial charge in [-0.05, 0) is 63.1 Å². The Morgan fingerprint density at radius 2 is 1.70 bits per heavy atom. The highest BCUT2D eigenvalue weighted by atomic mass is 19.4. The van der Waals surface area contributed by atoms with Crippen molar-refractivity contribution >= 4 is 27.6 Å². The number of aryl methyl sites for hydroxylation is 3. The van der Waals surface area contributed by atoms with E-state index in [9.17, 15) is 23.1 Å². The highest BCUT2D eigenvalue weighted by Crippen LogP contribution is 2.38. The number of nitrogens with zero attached hydrogens (tertiary/aromatic N) is 5. The lowest BCUT2D eigenvalue weighted by Gasteiger charge is -2.24. The number of aliphatic hydroxyl groups is 1. The quantitative estimate of drug-likeness (QED) is 0.295. The molecule has 2 aromatic carbocycles. The predicted octanol–water partition coefficient (Wildman–Crippen LogP) is 5.61. The van der Waals surface area contributed by atoms with E-state index in [2.05, 4.69) is 20.4 Å². The molecule has 5 aromatic rings. The number of hydrogen-bond donors (Lipinski definition) is 2. The van der Waals surface area contributed by atoms with Crippen molar-refractivity contribution < 1.29 is 18.3 Å². The van der Waals surface area contributed by atoms with E-state index < -0.39 is 23.4 Å². The lowest BCUT2D eigenvalue weighted by atomic mass is 9.92. The molecule has 5 rings (SSSR count). The summed E-state index contributed by atoms with van der Waals surface area (Å²) in [6, 6.07) is 8.15. The van der Waals surface area contributed by atoms with Crippen LogP contribution in [-0.2, 0) is 25.9 Å². The molecule has 0 saturated heterocycles. The Kier molecular flexibility index (Phi) is 6.45. The number of pyridine rings is 1. The molecule has 0 radical (unpaired) electrons. The highest BCUT2D eigenvalue weighted by Gasteiger charge is 2.33. The molecule has 40 heavy (non-hydrogen) atoms. The molecule has 8 nitrogen and oxygen atoms in total. The van der Waals surface area contributed by atoms with E-state index in [1.165, 1.54) is 24.5 Å². The number of halogens is 3. The first kappa shape index (κ1) is 27.3. The van der Waals surface area contributed by atoms with Crippen LogP contribution in [0.4, 0.5) is 19.0 Å². The molecular formula is C29H29F3N6O2. The lowest BCUT2D eigenvalue weighted by Crippen LogP contribution is -2.19. The van der Waals surface area contributed by atoms with Crippen molar-refractivity contribution in [3.8, 4) is 11.1 Å². The van der Waals surface area contributed by atoms with E-state index in [1.807, 2.05) is 13.1 Å². The standard InChI is InChI=1S/C29H29F3N6O2/c1-15(18-9-19(28(3,4)40)11-20(10-18)29(30,31)32)34-27-22-12-21(17-7-8-24(39)37(5)14-17)26-23(13-33-38(26)6)25(22)35-16(2)36-27/h7-15,40H,1-6H3,(H,34,35,36). The van der Waals surface area contributed by atoms with Gasteiger partial charge in [-0.3, -0.25) is 9.48 Å². The molecule has 3 aromatic heterocycles. The van der Waals surface area contributed by atoms with E-state index in [4.69, 9.17) is 0 Å². The first-order valence-corrected chi connectivity index (χ1v) is 12.6. The number of rotatable bonds is 5. The normalized spacial score (nSPS) is 13.2. The smallest absolute Gasteiger partial charge is 0.386 e. The molecule has 0 saturated carbocycles. The summed E-state index contributed by atoms with van der Waals surface area (Å²) in [6.07, 6.45) is -1.13. The summed E-state index contributed by atoms with van der Waals surface area (Å²) in [4.78, 5) is 21.3. The Morgan fingerprint density at radius 3 is 2.35 bits per heavy atom. The molecule has 0 bridgehead atoms. The largest absolute Gasteiger partial charge is 0.416 e. The zero-order valence-electron chi connectivity index (χ0n) is 22.9. The summed E-state index contributed by atoms with van der Waals surface area (Å²) in [5, 5.41) is 19.6. The second-order valence-corrected chi connectivity index (χ2v) is 10.6. The van der Waals surface area contributed by atoms with Crippen LogP contribution in [0, 0.1) is 6.92 Å². The minimum atomic E-state index is -4.58. The number of benzene rings is 2. The molecular weight excluding hydrogens is 521 g/mol. The maximum atomic E-state index is 13.7. The lowest BCUT2D eigenvalue weighted by molar-refractivity contribution is -0.137. The maximum Gasteiger partial charge on any atom is 0.416 e. The Labute approximate surface area is 228 Å². The van der Waals surface area contributed by atoms with E-state index in [1.54, 1.807) is 50.1 Å². The van der Waals surface area contributed by atoms with Gasteiger partial charge in [-0.15, -0.1) is 0 Å². The van der Waals surface area contributed by atoms with Crippen LogP contribution in [-0.4, -0.2) is 29.4 Å². The topological polar surface area (TPSA) is 97.9 Å². The molecule has 3 heterocycles. The number of anilines is 1. The molecule has 11 heteroatoms. The van der Waals surface area contributed by atoms with Crippen LogP contribution < -0.4 is 10.9 Å². The molecule has 1 unspecified atom stereocenters. The average molecular weight is 551 g/mol. The molecule has 2 N–H and O–H groups in total. The molecule has 0 aliphatic heterocycles. The molecule has 0 spiro atoms. The SMILES string of the molecule is Cc1nc(NC(C)c2cc(C(C)(C)O)cc(C(F)(F)F)c2)c2cc(-c3ccc(=O)n(C)c3)c3c(cnn3C)c2n1. The van der Waals surface area contributed by atoms with Gasteiger partial charge >= 0.3 is 6.18 Å². The van der Waals surface area contributed by atoms with Crippen LogP contribution >= 0.6 is 0 Å². The fourth-order valence-corrected chi connectivity index (χ4v) is 4.86. The second kappa shape index (κ2) is 9.44. The van der Waals surface area contributed by atoms with Gasteiger partial charge < -0.3 is 15.0 Å². The Balaban J connectivity index is 1.70. The highest BCUT2D eigenvalue weighted by molar-refractivity contribution is 6.13. The van der Waals surface area contributed by atoms with Crippen molar-refractivity contribution in [3.63, 3.8) is 0 Å². The van der Waals surface area contributed by atoms with Crippen molar-refractivity contribution in [2.45, 2.75) is 45.5 Å². The van der Waals surface area contributed by atoms with Crippen LogP contribution in [0.3, 0.4) is 0 Å². The molecule has 0 aliphatic carbocycles. The number of alkyl halides is 3. The van der Waals surface area contributed by atoms with Gasteiger partial charge in [-0.25, -0.2) is 9.97 Å². The first-order valence-electron chi connectivity index (χ1n) is 12.6. The molecule has 0 amide bonds. The summed E-state index contributed by atoms with van der Waals surface area (Å²) >= 11 is 0. The number of fused-ring (bicyclic) bond motifs is 3. The third-order valence-electron chi connectivity index (χ3n) is 7.03. The van der Waals surface area contributed by atoms with Gasteiger partial charge in [0.15, 0.2) is 0 Å². The molecule has 0 aliphatic rings. The van der Waals surface area contributed by atoms with Gasteiger partial charge in [0.25, 0.3) is 0 Å². The van der Waals surface area contributed by atoms with Crippen LogP contribution in [0.15, 0.2) is 53.6 Å². The monoisotopic (exact) mass is 550 g/mol. The van der Waals surface area contributed by atoms with E-state index in [0.29, 0.717) is 28.1 Å². The van der Waals surface area contributed by atoms with Gasteiger partial charge in [0.2, 0.25) is 5.56 Å². The number of nitrogens with one attached hydrogen (secondary N) is 1. The van der Waals surface area contributed by atoms with Gasteiger partial charge in [0, 0.05) is 54.3 Å². The van der Waals surface area contributed by atoms with Crippen molar-refractivity contribution in [2.24, 2.45) is 14.1 Å². The summed E-state index contributed by atoms with van der Waals surface area (Å²) < 4.78 is 44.5. The van der Waals surface area contributed by atoms with Crippen molar-refractivity contribution in [1.82, 2.24) is 24.3 Å². The Hall–Kier alpha value is -4.25. The third-order valence-corrected chi connectivity index (χ3v) is 7.03. The molecule has 208 valence electrons. The Morgan fingerprint density at radius 1 is 1.00 bits per heavy atom. The zero-order chi connectivity index (χ0) is 29.1. The van der Waals surface area contributed by atoms with Crippen molar-refractivity contribution in [2.75, 3.05) is 5.32 Å². The van der Waals surface area contributed by atoms with Gasteiger partial charge in [-0.1, -0.05) is 6.07 Å². The maximum absolute atomic E-state index is 13.7. The van der Waals surface area contributed by atoms with E-state index in [0.717, 1.165) is 34.2 Å². The summed E-state index contributed by atoms with van der Waals surface area (Å²) in [7, 11) is 3.49.